The molecule has 2 aromatic carbocycles. The summed E-state index contributed by atoms with van der Waals surface area (Å²) >= 11 is 0. The van der Waals surface area contributed by atoms with Crippen LogP contribution in [-0.4, -0.2) is 24.9 Å². The maximum Gasteiger partial charge on any atom is 0.337 e. The minimum atomic E-state index is -0.469. The normalized spacial score (nSPS) is 12.3. The van der Waals surface area contributed by atoms with Crippen LogP contribution in [0.2, 0.25) is 0 Å². The van der Waals surface area contributed by atoms with Crippen molar-refractivity contribution in [2.24, 2.45) is 0 Å². The molecule has 1 aliphatic heterocycles. The molecule has 0 aromatic heterocycles. The van der Waals surface area contributed by atoms with Gasteiger partial charge in [0.05, 0.1) is 19.1 Å². The van der Waals surface area contributed by atoms with E-state index in [0.717, 1.165) is 11.3 Å². The number of ether oxygens (including phenoxy) is 1. The fraction of sp³-hybridized carbons (Fsp3) is 0.118. The second kappa shape index (κ2) is 5.92. The number of carbonyl (C=O) groups is 3. The molecule has 0 saturated heterocycles. The summed E-state index contributed by atoms with van der Waals surface area (Å²) in [6.45, 7) is 0. The van der Waals surface area contributed by atoms with Crippen molar-refractivity contribution in [3.8, 4) is 0 Å². The van der Waals surface area contributed by atoms with Gasteiger partial charge < -0.3 is 15.4 Å². The van der Waals surface area contributed by atoms with Gasteiger partial charge in [-0.05, 0) is 42.0 Å². The maximum atomic E-state index is 12.3. The van der Waals surface area contributed by atoms with Crippen LogP contribution in [0.1, 0.15) is 26.3 Å². The van der Waals surface area contributed by atoms with Crippen LogP contribution >= 0.6 is 0 Å². The van der Waals surface area contributed by atoms with E-state index in [9.17, 15) is 14.4 Å². The van der Waals surface area contributed by atoms with E-state index in [1.807, 2.05) is 0 Å². The number of amides is 2. The summed E-state index contributed by atoms with van der Waals surface area (Å²) in [4.78, 5) is 35.2. The number of fused-ring (bicyclic) bond motifs is 1. The highest BCUT2D eigenvalue weighted by molar-refractivity contribution is 6.06. The number of carbonyl (C=O) groups excluding carboxylic acids is 3. The molecule has 6 heteroatoms. The van der Waals surface area contributed by atoms with E-state index in [0.29, 0.717) is 16.8 Å². The van der Waals surface area contributed by atoms with Gasteiger partial charge in [-0.25, -0.2) is 4.79 Å². The third-order valence-corrected chi connectivity index (χ3v) is 3.53. The van der Waals surface area contributed by atoms with Gasteiger partial charge in [0.25, 0.3) is 5.91 Å². The summed E-state index contributed by atoms with van der Waals surface area (Å²) in [5, 5.41) is 5.45. The number of rotatable bonds is 3. The Morgan fingerprint density at radius 1 is 1.13 bits per heavy atom. The van der Waals surface area contributed by atoms with Crippen molar-refractivity contribution in [1.82, 2.24) is 0 Å². The summed E-state index contributed by atoms with van der Waals surface area (Å²) in [5.74, 6) is -0.860. The standard InChI is InChI=1S/C17H14N2O4/c1-23-17(22)11-3-2-4-13(8-11)18-16(21)10-5-6-14-12(7-10)9-15(20)19-14/h2-8H,9H2,1H3,(H,18,21)(H,19,20). The first kappa shape index (κ1) is 14.8. The molecule has 0 unspecified atom stereocenters. The molecule has 0 aliphatic carbocycles. The van der Waals surface area contributed by atoms with Crippen LogP contribution < -0.4 is 10.6 Å². The van der Waals surface area contributed by atoms with Gasteiger partial charge >= 0.3 is 5.97 Å². The Balaban J connectivity index is 1.79. The molecular weight excluding hydrogens is 296 g/mol. The molecule has 23 heavy (non-hydrogen) atoms. The minimum absolute atomic E-state index is 0.0802. The molecule has 0 saturated carbocycles. The molecular formula is C17H14N2O4. The molecule has 0 atom stereocenters. The number of hydrogen-bond donors (Lipinski definition) is 2. The molecule has 1 heterocycles. The molecule has 0 bridgehead atoms. The second-order valence-corrected chi connectivity index (χ2v) is 5.12. The van der Waals surface area contributed by atoms with Gasteiger partial charge in [-0.1, -0.05) is 6.07 Å². The summed E-state index contributed by atoms with van der Waals surface area (Å²) < 4.78 is 4.65. The monoisotopic (exact) mass is 310 g/mol. The number of anilines is 2. The first-order chi connectivity index (χ1) is 11.1. The van der Waals surface area contributed by atoms with Crippen molar-refractivity contribution in [3.63, 3.8) is 0 Å². The largest absolute Gasteiger partial charge is 0.465 e. The SMILES string of the molecule is COC(=O)c1cccc(NC(=O)c2ccc3c(c2)CC(=O)N3)c1. The third-order valence-electron chi connectivity index (χ3n) is 3.53. The van der Waals surface area contributed by atoms with Crippen LogP contribution in [-0.2, 0) is 16.0 Å². The van der Waals surface area contributed by atoms with Crippen molar-refractivity contribution in [1.29, 1.82) is 0 Å². The Morgan fingerprint density at radius 3 is 2.74 bits per heavy atom. The van der Waals surface area contributed by atoms with Crippen LogP contribution in [0.25, 0.3) is 0 Å². The van der Waals surface area contributed by atoms with E-state index < -0.39 is 5.97 Å². The first-order valence-corrected chi connectivity index (χ1v) is 6.99. The van der Waals surface area contributed by atoms with E-state index >= 15 is 0 Å². The molecule has 0 spiro atoms. The molecule has 6 nitrogen and oxygen atoms in total. The average Bonchev–Trinajstić information content (AvgIpc) is 2.93. The fourth-order valence-electron chi connectivity index (χ4n) is 2.42. The quantitative estimate of drug-likeness (QED) is 0.851. The highest BCUT2D eigenvalue weighted by atomic mass is 16.5. The topological polar surface area (TPSA) is 84.5 Å². The maximum absolute atomic E-state index is 12.3. The summed E-state index contributed by atoms with van der Waals surface area (Å²) in [6.07, 6.45) is 0.272. The van der Waals surface area contributed by atoms with E-state index in [1.54, 1.807) is 42.5 Å². The third kappa shape index (κ3) is 3.06. The smallest absolute Gasteiger partial charge is 0.337 e. The van der Waals surface area contributed by atoms with Crippen LogP contribution in [0, 0.1) is 0 Å². The van der Waals surface area contributed by atoms with Crippen LogP contribution in [0.3, 0.4) is 0 Å². The van der Waals surface area contributed by atoms with Crippen molar-refractivity contribution in [2.45, 2.75) is 6.42 Å². The van der Waals surface area contributed by atoms with E-state index in [4.69, 9.17) is 0 Å². The zero-order valence-electron chi connectivity index (χ0n) is 12.4. The van der Waals surface area contributed by atoms with E-state index in [1.165, 1.54) is 7.11 Å². The molecule has 2 N–H and O–H groups in total. The van der Waals surface area contributed by atoms with Crippen LogP contribution in [0.5, 0.6) is 0 Å². The molecule has 1 aliphatic rings. The van der Waals surface area contributed by atoms with Crippen molar-refractivity contribution in [3.05, 3.63) is 59.2 Å². The first-order valence-electron chi connectivity index (χ1n) is 6.99. The highest BCUT2D eigenvalue weighted by Gasteiger charge is 2.19. The summed E-state index contributed by atoms with van der Waals surface area (Å²) in [6, 6.07) is 11.5. The Bertz CT molecular complexity index is 814. The number of hydrogen-bond acceptors (Lipinski definition) is 4. The highest BCUT2D eigenvalue weighted by Crippen LogP contribution is 2.24. The predicted molar refractivity (Wildman–Crippen MR) is 84.5 cm³/mol. The molecule has 0 fully saturated rings. The molecule has 116 valence electrons. The molecule has 2 amide bonds. The minimum Gasteiger partial charge on any atom is -0.465 e. The van der Waals surface area contributed by atoms with Crippen molar-refractivity contribution in [2.75, 3.05) is 17.7 Å². The van der Waals surface area contributed by atoms with Gasteiger partial charge in [-0.2, -0.15) is 0 Å². The van der Waals surface area contributed by atoms with Crippen molar-refractivity contribution >= 4 is 29.2 Å². The zero-order chi connectivity index (χ0) is 16.4. The van der Waals surface area contributed by atoms with Crippen LogP contribution in [0.4, 0.5) is 11.4 Å². The summed E-state index contributed by atoms with van der Waals surface area (Å²) in [5.41, 5.74) is 2.83. The lowest BCUT2D eigenvalue weighted by Crippen LogP contribution is -2.12. The number of methoxy groups -OCH3 is 1. The van der Waals surface area contributed by atoms with Crippen molar-refractivity contribution < 1.29 is 19.1 Å². The van der Waals surface area contributed by atoms with E-state index in [-0.39, 0.29) is 18.2 Å². The van der Waals surface area contributed by atoms with Gasteiger partial charge in [0.15, 0.2) is 0 Å². The molecule has 0 radical (unpaired) electrons. The van der Waals surface area contributed by atoms with Crippen LogP contribution in [0.15, 0.2) is 42.5 Å². The number of esters is 1. The predicted octanol–water partition coefficient (Wildman–Crippen LogP) is 2.22. The fourth-order valence-corrected chi connectivity index (χ4v) is 2.42. The summed E-state index contributed by atoms with van der Waals surface area (Å²) in [7, 11) is 1.30. The Labute approximate surface area is 132 Å². The lowest BCUT2D eigenvalue weighted by molar-refractivity contribution is -0.115. The number of benzene rings is 2. The molecule has 3 rings (SSSR count). The van der Waals surface area contributed by atoms with E-state index in [2.05, 4.69) is 15.4 Å². The van der Waals surface area contributed by atoms with Gasteiger partial charge in [0.2, 0.25) is 5.91 Å². The average molecular weight is 310 g/mol. The van der Waals surface area contributed by atoms with Gasteiger partial charge in [-0.15, -0.1) is 0 Å². The lowest BCUT2D eigenvalue weighted by Gasteiger charge is -2.08. The molecule has 2 aromatic rings. The second-order valence-electron chi connectivity index (χ2n) is 5.12. The van der Waals surface area contributed by atoms with Gasteiger partial charge in [0.1, 0.15) is 0 Å². The number of nitrogens with one attached hydrogen (secondary N) is 2. The zero-order valence-corrected chi connectivity index (χ0v) is 12.4. The lowest BCUT2D eigenvalue weighted by atomic mass is 10.1. The van der Waals surface area contributed by atoms with Gasteiger partial charge in [0, 0.05) is 16.9 Å². The van der Waals surface area contributed by atoms with Gasteiger partial charge in [-0.3, -0.25) is 9.59 Å². The Morgan fingerprint density at radius 2 is 1.96 bits per heavy atom. The Hall–Kier alpha value is -3.15. The Kier molecular flexibility index (Phi) is 3.80.